The van der Waals surface area contributed by atoms with Gasteiger partial charge in [0.05, 0.1) is 5.56 Å². The fourth-order valence-corrected chi connectivity index (χ4v) is 2.56. The van der Waals surface area contributed by atoms with Gasteiger partial charge >= 0.3 is 0 Å². The van der Waals surface area contributed by atoms with E-state index >= 15 is 0 Å². The summed E-state index contributed by atoms with van der Waals surface area (Å²) in [6, 6.07) is 18.0. The number of rotatable bonds is 4. The van der Waals surface area contributed by atoms with Crippen molar-refractivity contribution in [3.05, 3.63) is 60.2 Å². The second-order valence-electron chi connectivity index (χ2n) is 4.63. The quantitative estimate of drug-likeness (QED) is 0.719. The smallest absolute Gasteiger partial charge is 0.154 e. The summed E-state index contributed by atoms with van der Waals surface area (Å²) in [6.07, 6.45) is 0.930. The molecule has 3 aromatic rings. The van der Waals surface area contributed by atoms with Crippen molar-refractivity contribution in [3.8, 4) is 0 Å². The highest BCUT2D eigenvalue weighted by Crippen LogP contribution is 2.31. The number of H-pyrrole nitrogens is 1. The Morgan fingerprint density at radius 2 is 1.75 bits per heavy atom. The Labute approximate surface area is 117 Å². The molecule has 3 heteroatoms. The summed E-state index contributed by atoms with van der Waals surface area (Å²) >= 11 is 0. The zero-order valence-electron chi connectivity index (χ0n) is 11.3. The first kappa shape index (κ1) is 12.5. The number of hydrogen-bond acceptors (Lipinski definition) is 2. The molecule has 1 N–H and O–H groups in total. The average Bonchev–Trinajstić information content (AvgIpc) is 2.87. The fourth-order valence-electron chi connectivity index (χ4n) is 2.56. The van der Waals surface area contributed by atoms with Gasteiger partial charge < -0.3 is 9.88 Å². The van der Waals surface area contributed by atoms with Crippen LogP contribution in [0.15, 0.2) is 54.6 Å². The van der Waals surface area contributed by atoms with Crippen molar-refractivity contribution in [2.75, 3.05) is 11.4 Å². The Balaban J connectivity index is 2.19. The van der Waals surface area contributed by atoms with Gasteiger partial charge in [-0.05, 0) is 25.1 Å². The number of aromatic nitrogens is 1. The predicted molar refractivity (Wildman–Crippen MR) is 82.8 cm³/mol. The van der Waals surface area contributed by atoms with Crippen molar-refractivity contribution in [1.82, 2.24) is 4.98 Å². The van der Waals surface area contributed by atoms with Crippen molar-refractivity contribution in [1.29, 1.82) is 0 Å². The van der Waals surface area contributed by atoms with Crippen LogP contribution in [0.4, 0.5) is 11.5 Å². The molecule has 0 fully saturated rings. The summed E-state index contributed by atoms with van der Waals surface area (Å²) in [5.74, 6) is 0.856. The summed E-state index contributed by atoms with van der Waals surface area (Å²) in [4.78, 5) is 17.0. The Bertz CT molecular complexity index is 731. The van der Waals surface area contributed by atoms with E-state index in [1.165, 1.54) is 0 Å². The first-order valence-corrected chi connectivity index (χ1v) is 6.73. The van der Waals surface area contributed by atoms with Crippen molar-refractivity contribution in [3.63, 3.8) is 0 Å². The van der Waals surface area contributed by atoms with Crippen molar-refractivity contribution in [2.24, 2.45) is 0 Å². The normalized spacial score (nSPS) is 10.7. The van der Waals surface area contributed by atoms with E-state index in [-0.39, 0.29) is 0 Å². The number of benzene rings is 2. The van der Waals surface area contributed by atoms with Gasteiger partial charge in [-0.1, -0.05) is 36.4 Å². The molecule has 0 radical (unpaired) electrons. The van der Waals surface area contributed by atoms with Crippen molar-refractivity contribution in [2.45, 2.75) is 6.92 Å². The van der Waals surface area contributed by atoms with Crippen LogP contribution in [0.1, 0.15) is 17.3 Å². The van der Waals surface area contributed by atoms with Gasteiger partial charge in [0.15, 0.2) is 6.29 Å². The van der Waals surface area contributed by atoms with Crippen LogP contribution in [-0.2, 0) is 0 Å². The third-order valence-corrected chi connectivity index (χ3v) is 3.50. The lowest BCUT2D eigenvalue weighted by atomic mass is 10.1. The maximum Gasteiger partial charge on any atom is 0.154 e. The zero-order chi connectivity index (χ0) is 13.9. The van der Waals surface area contributed by atoms with E-state index in [2.05, 4.69) is 16.8 Å². The third-order valence-electron chi connectivity index (χ3n) is 3.50. The van der Waals surface area contributed by atoms with Crippen LogP contribution in [0.2, 0.25) is 0 Å². The highest BCUT2D eigenvalue weighted by atomic mass is 16.1. The largest absolute Gasteiger partial charge is 0.341 e. The van der Waals surface area contributed by atoms with Gasteiger partial charge in [-0.3, -0.25) is 4.79 Å². The van der Waals surface area contributed by atoms with Crippen molar-refractivity contribution >= 4 is 28.7 Å². The summed E-state index contributed by atoms with van der Waals surface area (Å²) < 4.78 is 0. The molecule has 0 spiro atoms. The van der Waals surface area contributed by atoms with Crippen LogP contribution in [0.3, 0.4) is 0 Å². The number of anilines is 2. The zero-order valence-corrected chi connectivity index (χ0v) is 11.3. The maximum atomic E-state index is 11.5. The first-order valence-electron chi connectivity index (χ1n) is 6.73. The van der Waals surface area contributed by atoms with E-state index in [0.29, 0.717) is 5.56 Å². The van der Waals surface area contributed by atoms with Gasteiger partial charge in [-0.2, -0.15) is 0 Å². The number of carbonyl (C=O) groups is 1. The molecule has 0 aliphatic rings. The number of nitrogens with one attached hydrogen (secondary N) is 1. The number of nitrogens with zero attached hydrogens (tertiary/aromatic N) is 1. The second kappa shape index (κ2) is 5.21. The molecular weight excluding hydrogens is 248 g/mol. The topological polar surface area (TPSA) is 36.1 Å². The van der Waals surface area contributed by atoms with Crippen molar-refractivity contribution < 1.29 is 4.79 Å². The minimum Gasteiger partial charge on any atom is -0.341 e. The van der Waals surface area contributed by atoms with Crippen LogP contribution >= 0.6 is 0 Å². The number of hydrogen-bond donors (Lipinski definition) is 1. The number of aldehydes is 1. The van der Waals surface area contributed by atoms with Crippen LogP contribution in [0.25, 0.3) is 10.9 Å². The number of para-hydroxylation sites is 2. The minimum absolute atomic E-state index is 0.714. The molecule has 3 nitrogen and oxygen atoms in total. The van der Waals surface area contributed by atoms with Gasteiger partial charge in [0, 0.05) is 23.1 Å². The van der Waals surface area contributed by atoms with E-state index in [4.69, 9.17) is 0 Å². The highest BCUT2D eigenvalue weighted by Gasteiger charge is 2.16. The molecule has 2 aromatic carbocycles. The summed E-state index contributed by atoms with van der Waals surface area (Å²) in [7, 11) is 0. The standard InChI is InChI=1S/C17H16N2O/c1-2-19(13-8-4-3-5-9-13)17-15(12-20)14-10-6-7-11-16(14)18-17/h3-12,18H,2H2,1H3. The molecular formula is C17H16N2O. The molecule has 0 aliphatic carbocycles. The molecule has 3 rings (SSSR count). The number of carbonyl (C=O) groups excluding carboxylic acids is 1. The summed E-state index contributed by atoms with van der Waals surface area (Å²) in [6.45, 7) is 2.87. The molecule has 0 unspecified atom stereocenters. The fraction of sp³-hybridized carbons (Fsp3) is 0.118. The van der Waals surface area contributed by atoms with E-state index in [9.17, 15) is 4.79 Å². The molecule has 0 amide bonds. The van der Waals surface area contributed by atoms with E-state index < -0.39 is 0 Å². The lowest BCUT2D eigenvalue weighted by Crippen LogP contribution is -2.17. The van der Waals surface area contributed by atoms with Gasteiger partial charge in [-0.25, -0.2) is 0 Å². The van der Waals surface area contributed by atoms with Crippen LogP contribution in [0, 0.1) is 0 Å². The molecule has 0 bridgehead atoms. The Hall–Kier alpha value is -2.55. The molecule has 0 saturated carbocycles. The lowest BCUT2D eigenvalue weighted by Gasteiger charge is -2.22. The molecule has 1 aromatic heterocycles. The van der Waals surface area contributed by atoms with Gasteiger partial charge in [0.2, 0.25) is 0 Å². The third kappa shape index (κ3) is 1.97. The van der Waals surface area contributed by atoms with E-state index in [1.807, 2.05) is 54.6 Å². The van der Waals surface area contributed by atoms with E-state index in [0.717, 1.165) is 35.2 Å². The Morgan fingerprint density at radius 3 is 2.45 bits per heavy atom. The monoisotopic (exact) mass is 264 g/mol. The summed E-state index contributed by atoms with van der Waals surface area (Å²) in [5, 5.41) is 0.965. The molecule has 1 heterocycles. The number of fused-ring (bicyclic) bond motifs is 1. The average molecular weight is 264 g/mol. The lowest BCUT2D eigenvalue weighted by molar-refractivity contribution is 0.112. The number of aromatic amines is 1. The van der Waals surface area contributed by atoms with E-state index in [1.54, 1.807) is 0 Å². The maximum absolute atomic E-state index is 11.5. The first-order chi connectivity index (χ1) is 9.85. The molecule has 20 heavy (non-hydrogen) atoms. The Morgan fingerprint density at radius 1 is 1.05 bits per heavy atom. The second-order valence-corrected chi connectivity index (χ2v) is 4.63. The minimum atomic E-state index is 0.714. The van der Waals surface area contributed by atoms with Crippen LogP contribution in [-0.4, -0.2) is 17.8 Å². The van der Waals surface area contributed by atoms with Gasteiger partial charge in [0.1, 0.15) is 5.82 Å². The van der Waals surface area contributed by atoms with Crippen LogP contribution in [0.5, 0.6) is 0 Å². The predicted octanol–water partition coefficient (Wildman–Crippen LogP) is 4.14. The highest BCUT2D eigenvalue weighted by molar-refractivity contribution is 6.04. The molecule has 100 valence electrons. The molecule has 0 atom stereocenters. The molecule has 0 saturated heterocycles. The summed E-state index contributed by atoms with van der Waals surface area (Å²) in [5.41, 5.74) is 2.77. The van der Waals surface area contributed by atoms with Gasteiger partial charge in [0.25, 0.3) is 0 Å². The Kier molecular flexibility index (Phi) is 3.25. The van der Waals surface area contributed by atoms with Gasteiger partial charge in [-0.15, -0.1) is 0 Å². The molecule has 0 aliphatic heterocycles. The van der Waals surface area contributed by atoms with Crippen LogP contribution < -0.4 is 4.90 Å². The SMILES string of the molecule is CCN(c1ccccc1)c1[nH]c2ccccc2c1C=O.